The van der Waals surface area contributed by atoms with Crippen molar-refractivity contribution in [2.45, 2.75) is 36.6 Å². The number of fused-ring (bicyclic) bond motifs is 2. The van der Waals surface area contributed by atoms with Crippen LogP contribution in [0.4, 0.5) is 17.5 Å². The summed E-state index contributed by atoms with van der Waals surface area (Å²) in [7, 11) is 0. The van der Waals surface area contributed by atoms with Crippen LogP contribution in [-0.4, -0.2) is 20.4 Å². The standard InChI is InChI=1S/C10H15N5OS/c1-9-3-2-4-10(9,17)14-5-6(15-9)12-8(11)13-7(5)16/h14,17H,2-4H2,1H3,(H4,11,12,13,15,16). The van der Waals surface area contributed by atoms with E-state index in [1.165, 1.54) is 0 Å². The molecule has 0 saturated heterocycles. The van der Waals surface area contributed by atoms with Crippen LogP contribution in [0.1, 0.15) is 26.2 Å². The zero-order valence-electron chi connectivity index (χ0n) is 9.50. The predicted octanol–water partition coefficient (Wildman–Crippen LogP) is 0.758. The lowest BCUT2D eigenvalue weighted by atomic mass is 9.92. The fraction of sp³-hybridized carbons (Fsp3) is 0.600. The molecule has 17 heavy (non-hydrogen) atoms. The first-order valence-electron chi connectivity index (χ1n) is 5.62. The second kappa shape index (κ2) is 3.10. The van der Waals surface area contributed by atoms with E-state index in [4.69, 9.17) is 18.4 Å². The SMILES string of the molecule is CC12CCCC1(S)Nc1c(nc(N)[nH]c1=O)N2. The van der Waals surface area contributed by atoms with Crippen LogP contribution in [-0.2, 0) is 0 Å². The van der Waals surface area contributed by atoms with Crippen molar-refractivity contribution in [1.29, 1.82) is 0 Å². The molecular weight excluding hydrogens is 238 g/mol. The topological polar surface area (TPSA) is 95.8 Å². The van der Waals surface area contributed by atoms with E-state index in [2.05, 4.69) is 27.5 Å². The lowest BCUT2D eigenvalue weighted by Gasteiger charge is -2.46. The molecule has 1 aliphatic carbocycles. The number of nitrogens with two attached hydrogens (primary N) is 1. The molecule has 2 unspecified atom stereocenters. The van der Waals surface area contributed by atoms with E-state index < -0.39 is 4.87 Å². The van der Waals surface area contributed by atoms with Crippen LogP contribution in [0, 0.1) is 0 Å². The van der Waals surface area contributed by atoms with Crippen molar-refractivity contribution in [3.8, 4) is 0 Å². The molecule has 6 nitrogen and oxygen atoms in total. The Labute approximate surface area is 104 Å². The molecule has 0 aromatic carbocycles. The highest BCUT2D eigenvalue weighted by molar-refractivity contribution is 7.82. The number of anilines is 3. The molecule has 2 heterocycles. The number of aromatic amines is 1. The van der Waals surface area contributed by atoms with Crippen LogP contribution in [0.2, 0.25) is 0 Å². The number of nitrogens with one attached hydrogen (secondary N) is 3. The molecule has 1 aliphatic heterocycles. The van der Waals surface area contributed by atoms with Crippen molar-refractivity contribution in [1.82, 2.24) is 9.97 Å². The van der Waals surface area contributed by atoms with Crippen molar-refractivity contribution >= 4 is 30.1 Å². The molecule has 1 saturated carbocycles. The third-order valence-electron chi connectivity index (χ3n) is 3.79. The van der Waals surface area contributed by atoms with Crippen LogP contribution in [0.3, 0.4) is 0 Å². The normalized spacial score (nSPS) is 34.5. The van der Waals surface area contributed by atoms with Gasteiger partial charge in [-0.05, 0) is 26.2 Å². The maximum atomic E-state index is 11.8. The van der Waals surface area contributed by atoms with E-state index in [0.717, 1.165) is 19.3 Å². The maximum Gasteiger partial charge on any atom is 0.277 e. The summed E-state index contributed by atoms with van der Waals surface area (Å²) >= 11 is 4.71. The zero-order chi connectivity index (χ0) is 12.3. The van der Waals surface area contributed by atoms with Gasteiger partial charge in [0.2, 0.25) is 5.95 Å². The Morgan fingerprint density at radius 2 is 2.18 bits per heavy atom. The number of thiol groups is 1. The number of hydrogen-bond donors (Lipinski definition) is 5. The zero-order valence-corrected chi connectivity index (χ0v) is 10.4. The molecule has 0 amide bonds. The smallest absolute Gasteiger partial charge is 0.277 e. The monoisotopic (exact) mass is 253 g/mol. The highest BCUT2D eigenvalue weighted by Gasteiger charge is 2.53. The van der Waals surface area contributed by atoms with Crippen LogP contribution < -0.4 is 21.9 Å². The number of hydrogen-bond acceptors (Lipinski definition) is 6. The largest absolute Gasteiger partial charge is 0.369 e. The summed E-state index contributed by atoms with van der Waals surface area (Å²) in [5.41, 5.74) is 5.49. The van der Waals surface area contributed by atoms with Crippen LogP contribution >= 0.6 is 12.6 Å². The summed E-state index contributed by atoms with van der Waals surface area (Å²) in [5.74, 6) is 0.636. The van der Waals surface area contributed by atoms with Crippen LogP contribution in [0.15, 0.2) is 4.79 Å². The van der Waals surface area contributed by atoms with Crippen molar-refractivity contribution < 1.29 is 0 Å². The Morgan fingerprint density at radius 3 is 2.94 bits per heavy atom. The Balaban J connectivity index is 2.17. The van der Waals surface area contributed by atoms with E-state index in [0.29, 0.717) is 11.5 Å². The minimum Gasteiger partial charge on any atom is -0.369 e. The van der Waals surface area contributed by atoms with E-state index in [1.54, 1.807) is 0 Å². The average molecular weight is 253 g/mol. The first-order chi connectivity index (χ1) is 7.94. The van der Waals surface area contributed by atoms with Crippen molar-refractivity contribution in [2.75, 3.05) is 16.4 Å². The molecule has 7 heteroatoms. The number of H-pyrrole nitrogens is 1. The first-order valence-corrected chi connectivity index (χ1v) is 6.07. The molecule has 2 aliphatic rings. The molecule has 1 fully saturated rings. The highest BCUT2D eigenvalue weighted by Crippen LogP contribution is 2.49. The van der Waals surface area contributed by atoms with Crippen LogP contribution in [0.5, 0.6) is 0 Å². The second-order valence-electron chi connectivity index (χ2n) is 4.97. The number of nitrogen functional groups attached to an aromatic ring is 1. The van der Waals surface area contributed by atoms with E-state index in [1.807, 2.05) is 0 Å². The average Bonchev–Trinajstić information content (AvgIpc) is 2.50. The summed E-state index contributed by atoms with van der Waals surface area (Å²) < 4.78 is 0. The van der Waals surface area contributed by atoms with E-state index >= 15 is 0 Å². The quantitative estimate of drug-likeness (QED) is 0.440. The van der Waals surface area contributed by atoms with Crippen LogP contribution in [0.25, 0.3) is 0 Å². The molecule has 0 bridgehead atoms. The second-order valence-corrected chi connectivity index (χ2v) is 5.73. The summed E-state index contributed by atoms with van der Waals surface area (Å²) in [6.45, 7) is 2.09. The van der Waals surface area contributed by atoms with Gasteiger partial charge in [-0.2, -0.15) is 4.98 Å². The lowest BCUT2D eigenvalue weighted by Crippen LogP contribution is -2.58. The summed E-state index contributed by atoms with van der Waals surface area (Å²) in [6, 6.07) is 0. The molecule has 5 N–H and O–H groups in total. The maximum absolute atomic E-state index is 11.8. The van der Waals surface area contributed by atoms with Gasteiger partial charge in [0, 0.05) is 0 Å². The number of nitrogens with zero attached hydrogens (tertiary/aromatic N) is 1. The Hall–Kier alpha value is -1.37. The van der Waals surface area contributed by atoms with Gasteiger partial charge < -0.3 is 16.4 Å². The molecule has 1 aromatic rings. The Bertz CT molecular complexity index is 544. The molecule has 2 atom stereocenters. The van der Waals surface area contributed by atoms with Gasteiger partial charge in [-0.15, -0.1) is 12.6 Å². The molecule has 0 spiro atoms. The van der Waals surface area contributed by atoms with Gasteiger partial charge in [0.05, 0.1) is 5.54 Å². The minimum atomic E-state index is -0.412. The predicted molar refractivity (Wildman–Crippen MR) is 70.5 cm³/mol. The number of rotatable bonds is 0. The third-order valence-corrected chi connectivity index (χ3v) is 4.62. The number of aromatic nitrogens is 2. The van der Waals surface area contributed by atoms with Crippen molar-refractivity contribution in [3.05, 3.63) is 10.4 Å². The molecule has 0 radical (unpaired) electrons. The van der Waals surface area contributed by atoms with E-state index in [-0.39, 0.29) is 17.0 Å². The lowest BCUT2D eigenvalue weighted by molar-refractivity contribution is 0.447. The fourth-order valence-corrected chi connectivity index (χ4v) is 3.15. The molecular formula is C10H15N5OS. The fourth-order valence-electron chi connectivity index (χ4n) is 2.71. The summed E-state index contributed by atoms with van der Waals surface area (Å²) in [5, 5.41) is 6.52. The summed E-state index contributed by atoms with van der Waals surface area (Å²) in [4.78, 5) is 18.0. The van der Waals surface area contributed by atoms with Gasteiger partial charge in [0.25, 0.3) is 5.56 Å². The highest BCUT2D eigenvalue weighted by atomic mass is 32.1. The molecule has 1 aromatic heterocycles. The summed E-state index contributed by atoms with van der Waals surface area (Å²) in [6.07, 6.45) is 2.95. The van der Waals surface area contributed by atoms with Gasteiger partial charge in [0.15, 0.2) is 5.82 Å². The van der Waals surface area contributed by atoms with Gasteiger partial charge in [-0.25, -0.2) is 0 Å². The van der Waals surface area contributed by atoms with Crippen molar-refractivity contribution in [2.24, 2.45) is 0 Å². The van der Waals surface area contributed by atoms with Gasteiger partial charge in [-0.3, -0.25) is 9.78 Å². The van der Waals surface area contributed by atoms with Gasteiger partial charge in [0.1, 0.15) is 10.6 Å². The van der Waals surface area contributed by atoms with Gasteiger partial charge >= 0.3 is 0 Å². The minimum absolute atomic E-state index is 0.122. The Kier molecular flexibility index (Phi) is 1.96. The third kappa shape index (κ3) is 1.35. The Morgan fingerprint density at radius 1 is 1.41 bits per heavy atom. The van der Waals surface area contributed by atoms with Gasteiger partial charge in [-0.1, -0.05) is 0 Å². The first kappa shape index (κ1) is 10.8. The molecule has 92 valence electrons. The van der Waals surface area contributed by atoms with E-state index in [9.17, 15) is 4.79 Å². The molecule has 3 rings (SSSR count). The van der Waals surface area contributed by atoms with Crippen molar-refractivity contribution in [3.63, 3.8) is 0 Å².